The van der Waals surface area contributed by atoms with E-state index in [1.807, 2.05) is 30.3 Å². The predicted octanol–water partition coefficient (Wildman–Crippen LogP) is 5.67. The van der Waals surface area contributed by atoms with Crippen LogP contribution in [0.5, 0.6) is 11.5 Å². The fourth-order valence-corrected chi connectivity index (χ4v) is 2.10. The number of halogens is 2. The molecule has 0 radical (unpaired) electrons. The fraction of sp³-hybridized carbons (Fsp3) is 0.294. The summed E-state index contributed by atoms with van der Waals surface area (Å²) in [6, 6.07) is 13.0. The van der Waals surface area contributed by atoms with E-state index in [1.54, 1.807) is 12.1 Å². The summed E-state index contributed by atoms with van der Waals surface area (Å²) in [5.74, 6) is 1.44. The molecular weight excluding hydrogens is 305 g/mol. The molecule has 0 fully saturated rings. The minimum atomic E-state index is 0.0573. The summed E-state index contributed by atoms with van der Waals surface area (Å²) in [5, 5.41) is 4.79. The highest BCUT2D eigenvalue weighted by atomic mass is 35.5. The number of hydrogen-bond acceptors (Lipinski definition) is 2. The van der Waals surface area contributed by atoms with Gasteiger partial charge in [-0.1, -0.05) is 29.3 Å². The van der Waals surface area contributed by atoms with Crippen molar-refractivity contribution in [2.24, 2.45) is 0 Å². The second-order valence-electron chi connectivity index (χ2n) is 5.91. The highest BCUT2D eigenvalue weighted by molar-refractivity contribution is 6.31. The first-order chi connectivity index (χ1) is 9.83. The molecule has 4 heteroatoms. The van der Waals surface area contributed by atoms with Crippen molar-refractivity contribution in [3.05, 3.63) is 58.1 Å². The molecule has 2 aromatic carbocycles. The molecule has 0 heterocycles. The van der Waals surface area contributed by atoms with Gasteiger partial charge in [-0.25, -0.2) is 0 Å². The van der Waals surface area contributed by atoms with Crippen LogP contribution in [0.25, 0.3) is 0 Å². The topological polar surface area (TPSA) is 21.3 Å². The van der Waals surface area contributed by atoms with Gasteiger partial charge in [0.05, 0.1) is 0 Å². The fourth-order valence-electron chi connectivity index (χ4n) is 1.73. The average molecular weight is 324 g/mol. The molecular formula is C17H19Cl2NO. The number of rotatable bonds is 4. The SMILES string of the molecule is CC(C)(C)NCc1ccc(Oc2ccc(Cl)cc2)cc1Cl. The summed E-state index contributed by atoms with van der Waals surface area (Å²) < 4.78 is 5.75. The van der Waals surface area contributed by atoms with Crippen LogP contribution < -0.4 is 10.1 Å². The molecule has 0 aliphatic rings. The lowest BCUT2D eigenvalue weighted by Gasteiger charge is -2.21. The molecule has 0 bridgehead atoms. The van der Waals surface area contributed by atoms with Crippen LogP contribution in [0.15, 0.2) is 42.5 Å². The standard InChI is InChI=1S/C17H19Cl2NO/c1-17(2,3)20-11-12-4-7-15(10-16(12)19)21-14-8-5-13(18)6-9-14/h4-10,20H,11H2,1-3H3. The van der Waals surface area contributed by atoms with Gasteiger partial charge < -0.3 is 10.1 Å². The first-order valence-electron chi connectivity index (χ1n) is 6.80. The van der Waals surface area contributed by atoms with E-state index in [9.17, 15) is 0 Å². The van der Waals surface area contributed by atoms with Crippen LogP contribution in [0.1, 0.15) is 26.3 Å². The van der Waals surface area contributed by atoms with Crippen molar-refractivity contribution in [3.63, 3.8) is 0 Å². The van der Waals surface area contributed by atoms with Crippen molar-refractivity contribution < 1.29 is 4.74 Å². The molecule has 0 aliphatic carbocycles. The number of benzene rings is 2. The summed E-state index contributed by atoms with van der Waals surface area (Å²) in [6.07, 6.45) is 0. The Morgan fingerprint density at radius 1 is 0.952 bits per heavy atom. The Hall–Kier alpha value is -1.22. The van der Waals surface area contributed by atoms with E-state index in [4.69, 9.17) is 27.9 Å². The molecule has 0 amide bonds. The number of hydrogen-bond donors (Lipinski definition) is 1. The van der Waals surface area contributed by atoms with Crippen LogP contribution in [0, 0.1) is 0 Å². The third-order valence-corrected chi connectivity index (χ3v) is 3.49. The minimum absolute atomic E-state index is 0.0573. The highest BCUT2D eigenvalue weighted by Crippen LogP contribution is 2.27. The summed E-state index contributed by atoms with van der Waals surface area (Å²) in [7, 11) is 0. The van der Waals surface area contributed by atoms with Gasteiger partial charge in [0.2, 0.25) is 0 Å². The Morgan fingerprint density at radius 2 is 1.57 bits per heavy atom. The molecule has 0 atom stereocenters. The van der Waals surface area contributed by atoms with E-state index in [0.717, 1.165) is 17.9 Å². The molecule has 2 aromatic rings. The van der Waals surface area contributed by atoms with Crippen molar-refractivity contribution in [3.8, 4) is 11.5 Å². The highest BCUT2D eigenvalue weighted by Gasteiger charge is 2.10. The molecule has 21 heavy (non-hydrogen) atoms. The van der Waals surface area contributed by atoms with Gasteiger partial charge in [0.25, 0.3) is 0 Å². The van der Waals surface area contributed by atoms with Crippen LogP contribution >= 0.6 is 23.2 Å². The quantitative estimate of drug-likeness (QED) is 0.782. The first kappa shape index (κ1) is 16.2. The third-order valence-electron chi connectivity index (χ3n) is 2.88. The maximum absolute atomic E-state index is 6.31. The van der Waals surface area contributed by atoms with Gasteiger partial charge >= 0.3 is 0 Å². The molecule has 1 N–H and O–H groups in total. The molecule has 0 aromatic heterocycles. The molecule has 0 saturated heterocycles. The molecule has 0 saturated carbocycles. The van der Waals surface area contributed by atoms with Crippen molar-refractivity contribution in [2.45, 2.75) is 32.9 Å². The molecule has 0 unspecified atom stereocenters. The lowest BCUT2D eigenvalue weighted by atomic mass is 10.1. The van der Waals surface area contributed by atoms with Gasteiger partial charge in [-0.15, -0.1) is 0 Å². The number of ether oxygens (including phenoxy) is 1. The summed E-state index contributed by atoms with van der Waals surface area (Å²) in [5.41, 5.74) is 1.11. The third kappa shape index (κ3) is 5.24. The zero-order chi connectivity index (χ0) is 15.5. The Labute approximate surface area is 136 Å². The molecule has 112 valence electrons. The van der Waals surface area contributed by atoms with Gasteiger partial charge in [0, 0.05) is 22.1 Å². The minimum Gasteiger partial charge on any atom is -0.457 e. The van der Waals surface area contributed by atoms with Crippen LogP contribution in [0.3, 0.4) is 0 Å². The first-order valence-corrected chi connectivity index (χ1v) is 7.56. The smallest absolute Gasteiger partial charge is 0.128 e. The zero-order valence-corrected chi connectivity index (χ0v) is 13.9. The van der Waals surface area contributed by atoms with Crippen molar-refractivity contribution >= 4 is 23.2 Å². The van der Waals surface area contributed by atoms with E-state index >= 15 is 0 Å². The van der Waals surface area contributed by atoms with Gasteiger partial charge in [-0.05, 0) is 62.7 Å². The van der Waals surface area contributed by atoms with E-state index in [-0.39, 0.29) is 5.54 Å². The van der Waals surface area contributed by atoms with E-state index in [1.165, 1.54) is 0 Å². The molecule has 0 spiro atoms. The van der Waals surface area contributed by atoms with Crippen molar-refractivity contribution in [1.29, 1.82) is 0 Å². The summed E-state index contributed by atoms with van der Waals surface area (Å²) in [4.78, 5) is 0. The second-order valence-corrected chi connectivity index (χ2v) is 6.76. The molecule has 2 nitrogen and oxygen atoms in total. The van der Waals surface area contributed by atoms with Gasteiger partial charge in [-0.2, -0.15) is 0 Å². The Balaban J connectivity index is 2.06. The monoisotopic (exact) mass is 323 g/mol. The molecule has 2 rings (SSSR count). The lowest BCUT2D eigenvalue weighted by molar-refractivity contribution is 0.424. The number of nitrogens with one attached hydrogen (secondary N) is 1. The summed E-state index contributed by atoms with van der Waals surface area (Å²) >= 11 is 12.2. The maximum atomic E-state index is 6.31. The van der Waals surface area contributed by atoms with Crippen LogP contribution in [0.2, 0.25) is 10.0 Å². The maximum Gasteiger partial charge on any atom is 0.128 e. The second kappa shape index (κ2) is 6.69. The van der Waals surface area contributed by atoms with E-state index < -0.39 is 0 Å². The Morgan fingerprint density at radius 3 is 2.14 bits per heavy atom. The van der Waals surface area contributed by atoms with Crippen LogP contribution in [-0.4, -0.2) is 5.54 Å². The van der Waals surface area contributed by atoms with Gasteiger partial charge in [0.1, 0.15) is 11.5 Å². The molecule has 0 aliphatic heterocycles. The van der Waals surface area contributed by atoms with Gasteiger partial charge in [-0.3, -0.25) is 0 Å². The van der Waals surface area contributed by atoms with E-state index in [0.29, 0.717) is 15.8 Å². The zero-order valence-electron chi connectivity index (χ0n) is 12.4. The van der Waals surface area contributed by atoms with Crippen molar-refractivity contribution in [1.82, 2.24) is 5.32 Å². The van der Waals surface area contributed by atoms with Crippen LogP contribution in [-0.2, 0) is 6.54 Å². The normalized spacial score (nSPS) is 11.5. The largest absolute Gasteiger partial charge is 0.457 e. The van der Waals surface area contributed by atoms with E-state index in [2.05, 4.69) is 26.1 Å². The van der Waals surface area contributed by atoms with Crippen LogP contribution in [0.4, 0.5) is 0 Å². The predicted molar refractivity (Wildman–Crippen MR) is 89.6 cm³/mol. The lowest BCUT2D eigenvalue weighted by Crippen LogP contribution is -2.35. The Kier molecular flexibility index (Phi) is 5.15. The average Bonchev–Trinajstić information content (AvgIpc) is 2.39. The summed E-state index contributed by atoms with van der Waals surface area (Å²) in [6.45, 7) is 7.10. The Bertz CT molecular complexity index is 603. The van der Waals surface area contributed by atoms with Crippen molar-refractivity contribution in [2.75, 3.05) is 0 Å². The van der Waals surface area contributed by atoms with Gasteiger partial charge in [0.15, 0.2) is 0 Å².